The number of carboxylic acids is 1. The molecule has 0 saturated heterocycles. The molecule has 0 spiro atoms. The van der Waals surface area contributed by atoms with Crippen LogP contribution in [-0.2, 0) is 16.1 Å². The van der Waals surface area contributed by atoms with E-state index in [2.05, 4.69) is 20.4 Å². The molecule has 1 aromatic heterocycles. The number of nitrogens with zero attached hydrogens (tertiary/aromatic N) is 3. The number of halogens is 3. The van der Waals surface area contributed by atoms with Crippen LogP contribution >= 0.6 is 0 Å². The number of nitrogens with one attached hydrogen (secondary N) is 1. The van der Waals surface area contributed by atoms with Crippen LogP contribution in [0, 0.1) is 0 Å². The fourth-order valence-corrected chi connectivity index (χ4v) is 1.13. The van der Waals surface area contributed by atoms with Gasteiger partial charge in [0.15, 0.2) is 5.69 Å². The van der Waals surface area contributed by atoms with E-state index in [4.69, 9.17) is 5.11 Å². The highest BCUT2D eigenvalue weighted by molar-refractivity contribution is 5.84. The van der Waals surface area contributed by atoms with Gasteiger partial charge >= 0.3 is 12.1 Å². The van der Waals surface area contributed by atoms with Gasteiger partial charge in [0.25, 0.3) is 0 Å². The van der Waals surface area contributed by atoms with Crippen LogP contribution < -0.4 is 5.32 Å². The van der Waals surface area contributed by atoms with Crippen molar-refractivity contribution in [2.24, 2.45) is 0 Å². The molecule has 0 aliphatic carbocycles. The van der Waals surface area contributed by atoms with E-state index in [-0.39, 0.29) is 25.4 Å². The largest absolute Gasteiger partial charge is 0.476 e. The third-order valence-electron chi connectivity index (χ3n) is 1.90. The first-order chi connectivity index (χ1) is 9.28. The first kappa shape index (κ1) is 15.9. The van der Waals surface area contributed by atoms with Crippen LogP contribution in [-0.4, -0.2) is 57.9 Å². The fourth-order valence-electron chi connectivity index (χ4n) is 1.13. The van der Waals surface area contributed by atoms with Gasteiger partial charge in [-0.1, -0.05) is 5.21 Å². The summed E-state index contributed by atoms with van der Waals surface area (Å²) in [6.07, 6.45) is -3.35. The molecule has 0 bridgehead atoms. The maximum absolute atomic E-state index is 11.7. The maximum Gasteiger partial charge on any atom is 0.411 e. The Morgan fingerprint density at radius 1 is 1.45 bits per heavy atom. The minimum absolute atomic E-state index is 0.102. The lowest BCUT2D eigenvalue weighted by Crippen LogP contribution is -2.31. The van der Waals surface area contributed by atoms with Gasteiger partial charge in [0.05, 0.1) is 12.8 Å². The van der Waals surface area contributed by atoms with Crippen LogP contribution in [0.2, 0.25) is 0 Å². The standard InChI is InChI=1S/C9H11F3N4O4/c10-9(11,12)5-20-2-1-13-7(17)4-16-3-6(8(18)19)14-15-16/h3H,1-2,4-5H2,(H,13,17)(H,18,19). The van der Waals surface area contributed by atoms with Crippen LogP contribution in [0.25, 0.3) is 0 Å². The fraction of sp³-hybridized carbons (Fsp3) is 0.556. The zero-order chi connectivity index (χ0) is 15.2. The highest BCUT2D eigenvalue weighted by Crippen LogP contribution is 2.13. The van der Waals surface area contributed by atoms with Gasteiger partial charge in [0.1, 0.15) is 13.2 Å². The predicted octanol–water partition coefficient (Wildman–Crippen LogP) is -0.329. The highest BCUT2D eigenvalue weighted by Gasteiger charge is 2.27. The number of aromatic carboxylic acids is 1. The molecule has 112 valence electrons. The van der Waals surface area contributed by atoms with Gasteiger partial charge in [-0.15, -0.1) is 5.10 Å². The van der Waals surface area contributed by atoms with Gasteiger partial charge in [-0.25, -0.2) is 9.48 Å². The van der Waals surface area contributed by atoms with Crippen molar-refractivity contribution in [2.45, 2.75) is 12.7 Å². The average Bonchev–Trinajstić information content (AvgIpc) is 2.75. The van der Waals surface area contributed by atoms with Crippen molar-refractivity contribution in [3.63, 3.8) is 0 Å². The number of hydrogen-bond donors (Lipinski definition) is 2. The molecule has 0 aromatic carbocycles. The number of hydrogen-bond acceptors (Lipinski definition) is 5. The van der Waals surface area contributed by atoms with E-state index in [1.165, 1.54) is 0 Å². The number of carbonyl (C=O) groups excluding carboxylic acids is 1. The van der Waals surface area contributed by atoms with E-state index in [1.807, 2.05) is 0 Å². The number of alkyl halides is 3. The highest BCUT2D eigenvalue weighted by atomic mass is 19.4. The number of ether oxygens (including phenoxy) is 1. The molecule has 0 fully saturated rings. The van der Waals surface area contributed by atoms with Crippen molar-refractivity contribution in [3.05, 3.63) is 11.9 Å². The molecule has 0 radical (unpaired) electrons. The van der Waals surface area contributed by atoms with Gasteiger partial charge in [0, 0.05) is 6.54 Å². The summed E-state index contributed by atoms with van der Waals surface area (Å²) >= 11 is 0. The molecule has 0 saturated carbocycles. The molecule has 1 amide bonds. The smallest absolute Gasteiger partial charge is 0.411 e. The minimum Gasteiger partial charge on any atom is -0.476 e. The lowest BCUT2D eigenvalue weighted by molar-refractivity contribution is -0.173. The molecule has 0 unspecified atom stereocenters. The number of amides is 1. The molecular weight excluding hydrogens is 285 g/mol. The summed E-state index contributed by atoms with van der Waals surface area (Å²) in [5, 5.41) is 17.6. The lowest BCUT2D eigenvalue weighted by Gasteiger charge is -2.08. The molecule has 20 heavy (non-hydrogen) atoms. The Morgan fingerprint density at radius 3 is 2.70 bits per heavy atom. The van der Waals surface area contributed by atoms with Gasteiger partial charge in [-0.2, -0.15) is 13.2 Å². The van der Waals surface area contributed by atoms with Crippen molar-refractivity contribution in [2.75, 3.05) is 19.8 Å². The van der Waals surface area contributed by atoms with Crippen molar-refractivity contribution in [1.82, 2.24) is 20.3 Å². The number of carbonyl (C=O) groups is 2. The molecule has 0 aliphatic heterocycles. The second kappa shape index (κ2) is 6.84. The molecule has 0 aliphatic rings. The topological polar surface area (TPSA) is 106 Å². The monoisotopic (exact) mass is 296 g/mol. The SMILES string of the molecule is O=C(Cn1cc(C(=O)O)nn1)NCCOCC(F)(F)F. The normalized spacial score (nSPS) is 11.3. The number of rotatable bonds is 7. The molecule has 11 heteroatoms. The Bertz CT molecular complexity index is 474. The van der Waals surface area contributed by atoms with Gasteiger partial charge in [-0.3, -0.25) is 4.79 Å². The zero-order valence-corrected chi connectivity index (χ0v) is 10.1. The number of carboxylic acid groups (broad SMARTS) is 1. The predicted molar refractivity (Wildman–Crippen MR) is 56.9 cm³/mol. The molecule has 1 rings (SSSR count). The summed E-state index contributed by atoms with van der Waals surface area (Å²) in [4.78, 5) is 21.8. The lowest BCUT2D eigenvalue weighted by atomic mass is 10.5. The zero-order valence-electron chi connectivity index (χ0n) is 10.1. The third kappa shape index (κ3) is 6.13. The van der Waals surface area contributed by atoms with Crippen LogP contribution in [0.3, 0.4) is 0 Å². The summed E-state index contributed by atoms with van der Waals surface area (Å²) in [5.41, 5.74) is -0.314. The summed E-state index contributed by atoms with van der Waals surface area (Å²) in [5.74, 6) is -1.83. The summed E-state index contributed by atoms with van der Waals surface area (Å²) < 4.78 is 40.4. The van der Waals surface area contributed by atoms with Crippen molar-refractivity contribution >= 4 is 11.9 Å². The molecule has 8 nitrogen and oxygen atoms in total. The maximum atomic E-state index is 11.7. The third-order valence-corrected chi connectivity index (χ3v) is 1.90. The van der Waals surface area contributed by atoms with Gasteiger partial charge in [-0.05, 0) is 0 Å². The molecule has 1 aromatic rings. The van der Waals surface area contributed by atoms with Crippen molar-refractivity contribution in [3.8, 4) is 0 Å². The Kier molecular flexibility index (Phi) is 5.43. The Morgan fingerprint density at radius 2 is 2.15 bits per heavy atom. The molecule has 0 atom stereocenters. The quantitative estimate of drug-likeness (QED) is 0.667. The van der Waals surface area contributed by atoms with E-state index in [9.17, 15) is 22.8 Å². The average molecular weight is 296 g/mol. The van der Waals surface area contributed by atoms with Crippen LogP contribution in [0.4, 0.5) is 13.2 Å². The van der Waals surface area contributed by atoms with E-state index in [0.717, 1.165) is 10.9 Å². The first-order valence-corrected chi connectivity index (χ1v) is 5.32. The van der Waals surface area contributed by atoms with E-state index >= 15 is 0 Å². The van der Waals surface area contributed by atoms with Crippen LogP contribution in [0.5, 0.6) is 0 Å². The summed E-state index contributed by atoms with van der Waals surface area (Å²) in [7, 11) is 0. The molecule has 1 heterocycles. The van der Waals surface area contributed by atoms with E-state index in [1.54, 1.807) is 0 Å². The Hall–Kier alpha value is -2.17. The van der Waals surface area contributed by atoms with Crippen molar-refractivity contribution < 1.29 is 32.6 Å². The van der Waals surface area contributed by atoms with Gasteiger partial charge < -0.3 is 15.2 Å². The van der Waals surface area contributed by atoms with E-state index < -0.39 is 24.7 Å². The van der Waals surface area contributed by atoms with Gasteiger partial charge in [0.2, 0.25) is 5.91 Å². The van der Waals surface area contributed by atoms with Crippen molar-refractivity contribution in [1.29, 1.82) is 0 Å². The summed E-state index contributed by atoms with van der Waals surface area (Å²) in [6, 6.07) is 0. The number of aromatic nitrogens is 3. The van der Waals surface area contributed by atoms with E-state index in [0.29, 0.717) is 0 Å². The van der Waals surface area contributed by atoms with Crippen LogP contribution in [0.1, 0.15) is 10.5 Å². The minimum atomic E-state index is -4.40. The summed E-state index contributed by atoms with van der Waals surface area (Å²) in [6.45, 7) is -2.06. The second-order valence-electron chi connectivity index (χ2n) is 3.62. The Labute approximate surface area is 110 Å². The Balaban J connectivity index is 2.21. The second-order valence-corrected chi connectivity index (χ2v) is 3.62. The molecule has 2 N–H and O–H groups in total. The molecular formula is C9H11F3N4O4. The first-order valence-electron chi connectivity index (χ1n) is 5.32. The van der Waals surface area contributed by atoms with Crippen LogP contribution in [0.15, 0.2) is 6.20 Å².